The lowest BCUT2D eigenvalue weighted by atomic mass is 9.92. The van der Waals surface area contributed by atoms with Crippen LogP contribution in [0, 0.1) is 5.92 Å². The molecule has 2 saturated heterocycles. The summed E-state index contributed by atoms with van der Waals surface area (Å²) in [6, 6.07) is 0. The molecule has 3 atom stereocenters. The van der Waals surface area contributed by atoms with Crippen LogP contribution in [-0.4, -0.2) is 45.2 Å². The Kier molecular flexibility index (Phi) is 1.23. The van der Waals surface area contributed by atoms with Gasteiger partial charge in [0, 0.05) is 19.0 Å². The molecule has 2 aliphatic rings. The van der Waals surface area contributed by atoms with Gasteiger partial charge in [-0.3, -0.25) is 0 Å². The van der Waals surface area contributed by atoms with Crippen molar-refractivity contribution in [1.82, 2.24) is 25.5 Å². The fourth-order valence-electron chi connectivity index (χ4n) is 2.40. The summed E-state index contributed by atoms with van der Waals surface area (Å²) in [7, 11) is 0. The molecule has 1 aromatic heterocycles. The summed E-state index contributed by atoms with van der Waals surface area (Å²) in [6.45, 7) is 3.63. The number of H-pyrrole nitrogens is 1. The first kappa shape index (κ1) is 6.54. The number of nitrogens with zero attached hydrogens (tertiary/aromatic N) is 4. The second kappa shape index (κ2) is 2.26. The van der Waals surface area contributed by atoms with Crippen molar-refractivity contribution in [3.05, 3.63) is 5.82 Å². The first-order valence-corrected chi connectivity index (χ1v) is 4.39. The van der Waals surface area contributed by atoms with E-state index in [2.05, 4.69) is 25.5 Å². The van der Waals surface area contributed by atoms with Crippen molar-refractivity contribution in [2.24, 2.45) is 5.92 Å². The second-order valence-electron chi connectivity index (χ2n) is 3.68. The molecule has 64 valence electrons. The maximum atomic E-state index is 4.04. The Balaban J connectivity index is 1.87. The molecule has 5 nitrogen and oxygen atoms in total. The normalized spacial score (nSPS) is 39.2. The standard InChI is InChI=1S/C7H11N5/c1-2-12-3-5(1)6(4-12)7-8-10-11-9-7/h5-6H,1-4H2,(H,8,9,10,11). The predicted molar refractivity (Wildman–Crippen MR) is 41.5 cm³/mol. The van der Waals surface area contributed by atoms with Crippen LogP contribution in [0.2, 0.25) is 0 Å². The first-order chi connectivity index (χ1) is 5.93. The summed E-state index contributed by atoms with van der Waals surface area (Å²) in [6.07, 6.45) is 1.30. The summed E-state index contributed by atoms with van der Waals surface area (Å²) in [5, 5.41) is 14.2. The Labute approximate surface area is 70.1 Å². The minimum absolute atomic E-state index is 0.539. The van der Waals surface area contributed by atoms with Crippen LogP contribution in [0.25, 0.3) is 0 Å². The van der Waals surface area contributed by atoms with Gasteiger partial charge < -0.3 is 4.90 Å². The van der Waals surface area contributed by atoms with Crippen LogP contribution < -0.4 is 0 Å². The lowest BCUT2D eigenvalue weighted by Crippen LogP contribution is -2.22. The van der Waals surface area contributed by atoms with Gasteiger partial charge in [-0.15, -0.1) is 10.2 Å². The molecule has 12 heavy (non-hydrogen) atoms. The fraction of sp³-hybridized carbons (Fsp3) is 0.857. The minimum atomic E-state index is 0.539. The van der Waals surface area contributed by atoms with Crippen molar-refractivity contribution in [2.45, 2.75) is 12.3 Å². The SMILES string of the molecule is C1CN2CC1C(c1nn[nH]n1)C2. The maximum Gasteiger partial charge on any atom is 0.179 e. The predicted octanol–water partition coefficient (Wildman–Crippen LogP) is -0.381. The highest BCUT2D eigenvalue weighted by Crippen LogP contribution is 2.37. The molecule has 0 aliphatic carbocycles. The number of hydrogen-bond donors (Lipinski definition) is 1. The van der Waals surface area contributed by atoms with Crippen LogP contribution >= 0.6 is 0 Å². The zero-order valence-corrected chi connectivity index (χ0v) is 6.77. The molecule has 0 radical (unpaired) electrons. The van der Waals surface area contributed by atoms with Gasteiger partial charge in [-0.1, -0.05) is 5.21 Å². The van der Waals surface area contributed by atoms with Crippen molar-refractivity contribution >= 4 is 0 Å². The van der Waals surface area contributed by atoms with E-state index >= 15 is 0 Å². The smallest absolute Gasteiger partial charge is 0.179 e. The Bertz CT molecular complexity index is 269. The number of piperidine rings is 1. The molecule has 2 bridgehead atoms. The van der Waals surface area contributed by atoms with Gasteiger partial charge in [0.2, 0.25) is 0 Å². The molecular formula is C7H11N5. The van der Waals surface area contributed by atoms with Crippen molar-refractivity contribution in [3.63, 3.8) is 0 Å². The molecule has 3 unspecified atom stereocenters. The van der Waals surface area contributed by atoms with Gasteiger partial charge in [-0.05, 0) is 18.9 Å². The van der Waals surface area contributed by atoms with Crippen LogP contribution in [0.3, 0.4) is 0 Å². The van der Waals surface area contributed by atoms with Gasteiger partial charge >= 0.3 is 0 Å². The van der Waals surface area contributed by atoms with Crippen LogP contribution in [-0.2, 0) is 0 Å². The summed E-state index contributed by atoms with van der Waals surface area (Å²) in [4.78, 5) is 2.48. The first-order valence-electron chi connectivity index (χ1n) is 4.39. The third kappa shape index (κ3) is 0.797. The third-order valence-corrected chi connectivity index (χ3v) is 3.03. The largest absolute Gasteiger partial charge is 0.302 e. The van der Waals surface area contributed by atoms with Gasteiger partial charge in [-0.25, -0.2) is 0 Å². The van der Waals surface area contributed by atoms with Crippen LogP contribution in [0.15, 0.2) is 0 Å². The fourth-order valence-corrected chi connectivity index (χ4v) is 2.40. The summed E-state index contributed by atoms with van der Waals surface area (Å²) >= 11 is 0. The molecule has 3 rings (SSSR count). The lowest BCUT2D eigenvalue weighted by molar-refractivity contribution is 0.341. The van der Waals surface area contributed by atoms with Gasteiger partial charge in [-0.2, -0.15) is 5.21 Å². The third-order valence-electron chi connectivity index (χ3n) is 3.03. The number of aromatic amines is 1. The number of tetrazole rings is 1. The zero-order valence-electron chi connectivity index (χ0n) is 6.77. The van der Waals surface area contributed by atoms with E-state index in [-0.39, 0.29) is 0 Å². The highest BCUT2D eigenvalue weighted by atomic mass is 15.5. The van der Waals surface area contributed by atoms with Crippen molar-refractivity contribution in [3.8, 4) is 0 Å². The highest BCUT2D eigenvalue weighted by molar-refractivity contribution is 5.05. The molecule has 3 heterocycles. The Morgan fingerprint density at radius 1 is 1.42 bits per heavy atom. The number of nitrogens with one attached hydrogen (secondary N) is 1. The number of fused-ring (bicyclic) bond motifs is 2. The van der Waals surface area contributed by atoms with E-state index in [1.807, 2.05) is 0 Å². The quantitative estimate of drug-likeness (QED) is 0.616. The zero-order chi connectivity index (χ0) is 7.97. The van der Waals surface area contributed by atoms with E-state index in [0.717, 1.165) is 18.3 Å². The molecule has 0 saturated carbocycles. The number of rotatable bonds is 1. The Morgan fingerprint density at radius 3 is 3.00 bits per heavy atom. The van der Waals surface area contributed by atoms with E-state index < -0.39 is 0 Å². The van der Waals surface area contributed by atoms with Crippen molar-refractivity contribution in [2.75, 3.05) is 19.6 Å². The molecule has 1 N–H and O–H groups in total. The molecular weight excluding hydrogens is 154 g/mol. The Morgan fingerprint density at radius 2 is 2.42 bits per heavy atom. The molecule has 1 aromatic rings. The molecule has 0 amide bonds. The molecule has 2 aliphatic heterocycles. The van der Waals surface area contributed by atoms with Gasteiger partial charge in [0.25, 0.3) is 0 Å². The molecule has 5 heteroatoms. The number of hydrogen-bond acceptors (Lipinski definition) is 4. The van der Waals surface area contributed by atoms with Crippen molar-refractivity contribution < 1.29 is 0 Å². The summed E-state index contributed by atoms with van der Waals surface area (Å²) in [5.74, 6) is 2.22. The van der Waals surface area contributed by atoms with E-state index in [0.29, 0.717) is 5.92 Å². The van der Waals surface area contributed by atoms with Crippen LogP contribution in [0.1, 0.15) is 18.2 Å². The van der Waals surface area contributed by atoms with Crippen LogP contribution in [0.4, 0.5) is 0 Å². The van der Waals surface area contributed by atoms with Gasteiger partial charge in [0.1, 0.15) is 0 Å². The van der Waals surface area contributed by atoms with E-state index in [1.165, 1.54) is 19.5 Å². The lowest BCUT2D eigenvalue weighted by Gasteiger charge is -2.18. The molecule has 0 aromatic carbocycles. The van der Waals surface area contributed by atoms with E-state index in [4.69, 9.17) is 0 Å². The van der Waals surface area contributed by atoms with Gasteiger partial charge in [0.05, 0.1) is 0 Å². The topological polar surface area (TPSA) is 57.7 Å². The maximum absolute atomic E-state index is 4.04. The second-order valence-corrected chi connectivity index (χ2v) is 3.68. The van der Waals surface area contributed by atoms with Gasteiger partial charge in [0.15, 0.2) is 5.82 Å². The average Bonchev–Trinajstić information content (AvgIpc) is 2.81. The molecule has 2 fully saturated rings. The number of aromatic nitrogens is 4. The molecule has 0 spiro atoms. The monoisotopic (exact) mass is 165 g/mol. The minimum Gasteiger partial charge on any atom is -0.302 e. The summed E-state index contributed by atoms with van der Waals surface area (Å²) in [5.41, 5.74) is 0. The van der Waals surface area contributed by atoms with Crippen molar-refractivity contribution in [1.29, 1.82) is 0 Å². The van der Waals surface area contributed by atoms with E-state index in [9.17, 15) is 0 Å². The Hall–Kier alpha value is -0.970. The van der Waals surface area contributed by atoms with E-state index in [1.54, 1.807) is 0 Å². The average molecular weight is 165 g/mol. The van der Waals surface area contributed by atoms with Crippen LogP contribution in [0.5, 0.6) is 0 Å². The summed E-state index contributed by atoms with van der Waals surface area (Å²) < 4.78 is 0. The highest BCUT2D eigenvalue weighted by Gasteiger charge is 2.40.